The van der Waals surface area contributed by atoms with Gasteiger partial charge < -0.3 is 9.84 Å². The summed E-state index contributed by atoms with van der Waals surface area (Å²) in [5.41, 5.74) is 1.00. The van der Waals surface area contributed by atoms with Crippen LogP contribution in [0.4, 0.5) is 9.52 Å². The number of carboxylic acid groups (broad SMARTS) is 1. The summed E-state index contributed by atoms with van der Waals surface area (Å²) in [6.07, 6.45) is 4.39. The summed E-state index contributed by atoms with van der Waals surface area (Å²) >= 11 is 13.7. The first-order chi connectivity index (χ1) is 18.1. The number of carbonyl (C=O) groups is 2. The van der Waals surface area contributed by atoms with Crippen LogP contribution in [0.15, 0.2) is 41.3 Å². The number of carbonyl (C=O) groups excluding carboxylic acids is 1. The van der Waals surface area contributed by atoms with Crippen LogP contribution < -0.4 is 5.32 Å². The van der Waals surface area contributed by atoms with Gasteiger partial charge in [-0.25, -0.2) is 14.2 Å². The van der Waals surface area contributed by atoms with Crippen molar-refractivity contribution in [1.29, 1.82) is 0 Å². The monoisotopic (exact) mass is 578 g/mol. The molecule has 0 saturated heterocycles. The molecule has 1 amide bonds. The predicted molar refractivity (Wildman–Crippen MR) is 152 cm³/mol. The van der Waals surface area contributed by atoms with Crippen LogP contribution in [0.25, 0.3) is 17.3 Å². The van der Waals surface area contributed by atoms with Crippen molar-refractivity contribution in [3.05, 3.63) is 73.8 Å². The predicted octanol–water partition coefficient (Wildman–Crippen LogP) is 8.44. The summed E-state index contributed by atoms with van der Waals surface area (Å²) in [5.74, 6) is -2.01. The number of halogens is 3. The minimum absolute atomic E-state index is 0.0461. The lowest BCUT2D eigenvalue weighted by molar-refractivity contribution is -0.132. The number of nitrogens with one attached hydrogen (secondary N) is 1. The third-order valence-corrected chi connectivity index (χ3v) is 7.61. The zero-order chi connectivity index (χ0) is 28.0. The molecular weight excluding hydrogens is 550 g/mol. The van der Waals surface area contributed by atoms with E-state index in [1.807, 2.05) is 13.8 Å². The van der Waals surface area contributed by atoms with Crippen molar-refractivity contribution >= 4 is 57.6 Å². The second-order valence-electron chi connectivity index (χ2n) is 8.84. The van der Waals surface area contributed by atoms with Gasteiger partial charge >= 0.3 is 5.97 Å². The molecule has 3 aromatic rings. The van der Waals surface area contributed by atoms with Crippen molar-refractivity contribution in [3.8, 4) is 11.3 Å². The fourth-order valence-electron chi connectivity index (χ4n) is 4.35. The number of nitrogens with zero attached hydrogens (tertiary/aromatic N) is 1. The normalized spacial score (nSPS) is 12.0. The molecule has 0 saturated carbocycles. The largest absolute Gasteiger partial charge is 0.478 e. The van der Waals surface area contributed by atoms with Gasteiger partial charge in [0.05, 0.1) is 21.3 Å². The van der Waals surface area contributed by atoms with Gasteiger partial charge in [-0.15, -0.1) is 11.3 Å². The van der Waals surface area contributed by atoms with Crippen LogP contribution in [-0.2, 0) is 15.1 Å². The minimum atomic E-state index is -1.11. The maximum atomic E-state index is 15.8. The summed E-state index contributed by atoms with van der Waals surface area (Å²) in [4.78, 5) is 28.4. The molecular formula is C28H29Cl2FN2O4S. The number of ether oxygens (including phenoxy) is 1. The molecule has 0 atom stereocenters. The Bertz CT molecular complexity index is 1340. The number of aliphatic carboxylic acids is 1. The van der Waals surface area contributed by atoms with E-state index in [-0.39, 0.29) is 26.3 Å². The Labute approximate surface area is 235 Å². The van der Waals surface area contributed by atoms with E-state index in [0.717, 1.165) is 24.2 Å². The van der Waals surface area contributed by atoms with Crippen LogP contribution in [0.3, 0.4) is 0 Å². The highest BCUT2D eigenvalue weighted by molar-refractivity contribution is 7.14. The first kappa shape index (κ1) is 29.8. The van der Waals surface area contributed by atoms with Crippen molar-refractivity contribution in [2.24, 2.45) is 0 Å². The second kappa shape index (κ2) is 12.8. The van der Waals surface area contributed by atoms with Crippen LogP contribution >= 0.6 is 34.5 Å². The molecule has 0 aliphatic heterocycles. The SMILES string of the molecule is CCCC(CCC)(OC)c1cccc(-c2csc(NC(=O)c3cc(Cl)c(C=C(C)C(=O)O)c(Cl)c3)n2)c1F. The van der Waals surface area contributed by atoms with Gasteiger partial charge in [-0.2, -0.15) is 0 Å². The van der Waals surface area contributed by atoms with Crippen LogP contribution in [-0.4, -0.2) is 29.1 Å². The number of aromatic nitrogens is 1. The molecule has 6 nitrogen and oxygen atoms in total. The lowest BCUT2D eigenvalue weighted by atomic mass is 9.83. The molecule has 0 spiro atoms. The first-order valence-electron chi connectivity index (χ1n) is 12.1. The van der Waals surface area contributed by atoms with E-state index in [0.29, 0.717) is 35.2 Å². The number of rotatable bonds is 11. The lowest BCUT2D eigenvalue weighted by Gasteiger charge is -2.33. The Morgan fingerprint density at radius 2 is 1.82 bits per heavy atom. The summed E-state index contributed by atoms with van der Waals surface area (Å²) < 4.78 is 21.7. The molecule has 1 aromatic heterocycles. The van der Waals surface area contributed by atoms with Gasteiger partial charge in [0, 0.05) is 40.3 Å². The van der Waals surface area contributed by atoms with Gasteiger partial charge in [0.15, 0.2) is 5.13 Å². The quantitative estimate of drug-likeness (QED) is 0.223. The van der Waals surface area contributed by atoms with Gasteiger partial charge in [0.25, 0.3) is 5.91 Å². The molecule has 0 bridgehead atoms. The number of thiazole rings is 1. The van der Waals surface area contributed by atoms with E-state index in [1.165, 1.54) is 25.1 Å². The summed E-state index contributed by atoms with van der Waals surface area (Å²) in [6.45, 7) is 5.50. The van der Waals surface area contributed by atoms with E-state index in [4.69, 9.17) is 33.0 Å². The molecule has 0 aliphatic carbocycles. The average molecular weight is 580 g/mol. The Morgan fingerprint density at radius 1 is 1.18 bits per heavy atom. The van der Waals surface area contributed by atoms with E-state index in [9.17, 15) is 9.59 Å². The van der Waals surface area contributed by atoms with Crippen LogP contribution in [0.1, 0.15) is 67.9 Å². The van der Waals surface area contributed by atoms with Crippen molar-refractivity contribution in [2.45, 2.75) is 52.1 Å². The average Bonchev–Trinajstić information content (AvgIpc) is 3.33. The first-order valence-corrected chi connectivity index (χ1v) is 13.7. The molecule has 202 valence electrons. The molecule has 0 aliphatic rings. The maximum absolute atomic E-state index is 15.8. The number of hydrogen-bond acceptors (Lipinski definition) is 5. The zero-order valence-corrected chi connectivity index (χ0v) is 23.9. The molecule has 3 rings (SSSR count). The van der Waals surface area contributed by atoms with E-state index >= 15 is 4.39 Å². The summed E-state index contributed by atoms with van der Waals surface area (Å²) in [6, 6.07) is 7.99. The third-order valence-electron chi connectivity index (χ3n) is 6.23. The van der Waals surface area contributed by atoms with E-state index < -0.39 is 23.3 Å². The van der Waals surface area contributed by atoms with Gasteiger partial charge in [0.2, 0.25) is 0 Å². The lowest BCUT2D eigenvalue weighted by Crippen LogP contribution is -2.29. The van der Waals surface area contributed by atoms with Crippen molar-refractivity contribution in [2.75, 3.05) is 12.4 Å². The molecule has 0 radical (unpaired) electrons. The van der Waals surface area contributed by atoms with Crippen molar-refractivity contribution in [3.63, 3.8) is 0 Å². The number of carboxylic acids is 1. The van der Waals surface area contributed by atoms with Crippen LogP contribution in [0.5, 0.6) is 0 Å². The Balaban J connectivity index is 1.88. The Morgan fingerprint density at radius 3 is 2.37 bits per heavy atom. The standard InChI is InChI=1S/C28H29Cl2FN2O4S/c1-5-10-28(37-4,11-6-2)20-9-7-8-18(24(20)31)23-15-38-27(32-23)33-25(34)17-13-21(29)19(22(30)14-17)12-16(3)26(35)36/h7-9,12-15H,5-6,10-11H2,1-4H3,(H,35,36)(H,32,33,34). The molecule has 1 heterocycles. The Hall–Kier alpha value is -2.78. The van der Waals surface area contributed by atoms with Crippen molar-refractivity contribution < 1.29 is 23.8 Å². The molecule has 0 fully saturated rings. The smallest absolute Gasteiger partial charge is 0.331 e. The molecule has 2 aromatic carbocycles. The van der Waals surface area contributed by atoms with Crippen molar-refractivity contribution in [1.82, 2.24) is 4.98 Å². The highest BCUT2D eigenvalue weighted by Crippen LogP contribution is 2.40. The topological polar surface area (TPSA) is 88.5 Å². The van der Waals surface area contributed by atoms with Gasteiger partial charge in [-0.1, -0.05) is 62.0 Å². The third kappa shape index (κ3) is 6.43. The van der Waals surface area contributed by atoms with E-state index in [1.54, 1.807) is 30.7 Å². The van der Waals surface area contributed by atoms with Gasteiger partial charge in [-0.3, -0.25) is 10.1 Å². The Kier molecular flexibility index (Phi) is 10.1. The highest BCUT2D eigenvalue weighted by Gasteiger charge is 2.34. The van der Waals surface area contributed by atoms with Crippen LogP contribution in [0, 0.1) is 5.82 Å². The number of amides is 1. The van der Waals surface area contributed by atoms with Gasteiger partial charge in [0.1, 0.15) is 5.82 Å². The zero-order valence-electron chi connectivity index (χ0n) is 21.5. The molecule has 2 N–H and O–H groups in total. The van der Waals surface area contributed by atoms with Gasteiger partial charge in [-0.05, 0) is 44.0 Å². The minimum Gasteiger partial charge on any atom is -0.478 e. The van der Waals surface area contributed by atoms with Crippen LogP contribution in [0.2, 0.25) is 10.0 Å². The fourth-order valence-corrected chi connectivity index (χ4v) is 5.66. The summed E-state index contributed by atoms with van der Waals surface area (Å²) in [5, 5.41) is 14.0. The number of benzene rings is 2. The fraction of sp³-hybridized carbons (Fsp3) is 0.321. The number of methoxy groups -OCH3 is 1. The molecule has 38 heavy (non-hydrogen) atoms. The number of hydrogen-bond donors (Lipinski definition) is 2. The number of anilines is 1. The second-order valence-corrected chi connectivity index (χ2v) is 10.5. The molecule has 0 unspecified atom stereocenters. The van der Waals surface area contributed by atoms with E-state index in [2.05, 4.69) is 10.3 Å². The highest BCUT2D eigenvalue weighted by atomic mass is 35.5. The maximum Gasteiger partial charge on any atom is 0.331 e. The molecule has 10 heteroatoms. The summed E-state index contributed by atoms with van der Waals surface area (Å²) in [7, 11) is 1.61.